The summed E-state index contributed by atoms with van der Waals surface area (Å²) in [5.74, 6) is 0. The second kappa shape index (κ2) is 6.57. The van der Waals surface area contributed by atoms with Gasteiger partial charge in [-0.25, -0.2) is 0 Å². The van der Waals surface area contributed by atoms with Gasteiger partial charge in [0.15, 0.2) is 0 Å². The molecule has 0 saturated heterocycles. The first-order chi connectivity index (χ1) is 6.99. The van der Waals surface area contributed by atoms with Gasteiger partial charge in [0.2, 0.25) is 0 Å². The predicted molar refractivity (Wildman–Crippen MR) is 62.0 cm³/mol. The molecule has 0 aromatic rings. The van der Waals surface area contributed by atoms with Crippen LogP contribution in [0.4, 0.5) is 0 Å². The van der Waals surface area contributed by atoms with Crippen LogP contribution in [0.15, 0.2) is 0 Å². The average Bonchev–Trinajstić information content (AvgIpc) is 2.18. The van der Waals surface area contributed by atoms with Crippen LogP contribution < -0.4 is 11.5 Å². The molecule has 0 aliphatic carbocycles. The molecule has 0 rings (SSSR count). The predicted octanol–water partition coefficient (Wildman–Crippen LogP) is 0.598. The van der Waals surface area contributed by atoms with Crippen LogP contribution in [-0.2, 0) is 13.3 Å². The Morgan fingerprint density at radius 1 is 0.867 bits per heavy atom. The highest BCUT2D eigenvalue weighted by atomic mass is 28.4. The SMILES string of the molecule is CCO[Si](OCC)(OCC)C(N)(N)CC. The van der Waals surface area contributed by atoms with Gasteiger partial charge in [-0.1, -0.05) is 6.92 Å². The first kappa shape index (κ1) is 15.0. The quantitative estimate of drug-likeness (QED) is 0.476. The summed E-state index contributed by atoms with van der Waals surface area (Å²) in [7, 11) is -2.97. The minimum Gasteiger partial charge on any atom is -0.372 e. The van der Waals surface area contributed by atoms with Gasteiger partial charge in [0.05, 0.1) is 0 Å². The fraction of sp³-hybridized carbons (Fsp3) is 1.00. The lowest BCUT2D eigenvalue weighted by molar-refractivity contribution is 0.0449. The first-order valence-corrected chi connectivity index (χ1v) is 7.21. The molecule has 0 atom stereocenters. The zero-order valence-electron chi connectivity index (χ0n) is 10.2. The smallest absolute Gasteiger partial charge is 0.372 e. The van der Waals surface area contributed by atoms with E-state index in [9.17, 15) is 0 Å². The standard InChI is InChI=1S/C9H24N2O3Si/c1-5-9(10,11)15(12-6-2,13-7-3)14-8-4/h5-8,10-11H2,1-4H3. The van der Waals surface area contributed by atoms with Crippen molar-refractivity contribution in [3.63, 3.8) is 0 Å². The zero-order chi connectivity index (χ0) is 11.9. The Bertz CT molecular complexity index is 162. The molecule has 0 spiro atoms. The fourth-order valence-corrected chi connectivity index (χ4v) is 3.94. The molecule has 0 fully saturated rings. The van der Waals surface area contributed by atoms with Crippen LogP contribution in [0.25, 0.3) is 0 Å². The molecule has 0 aliphatic heterocycles. The van der Waals surface area contributed by atoms with Gasteiger partial charge in [-0.3, -0.25) is 0 Å². The van der Waals surface area contributed by atoms with Crippen molar-refractivity contribution in [2.24, 2.45) is 11.5 Å². The summed E-state index contributed by atoms with van der Waals surface area (Å²) in [6.45, 7) is 9.01. The molecule has 15 heavy (non-hydrogen) atoms. The molecule has 0 amide bonds. The van der Waals surface area contributed by atoms with Crippen molar-refractivity contribution in [2.45, 2.75) is 39.4 Å². The summed E-state index contributed by atoms with van der Waals surface area (Å²) in [5, 5.41) is -1.02. The van der Waals surface area contributed by atoms with Crippen LogP contribution in [-0.4, -0.2) is 33.9 Å². The van der Waals surface area contributed by atoms with E-state index in [0.29, 0.717) is 26.2 Å². The zero-order valence-corrected chi connectivity index (χ0v) is 11.2. The van der Waals surface area contributed by atoms with Gasteiger partial charge in [0, 0.05) is 19.8 Å². The second-order valence-electron chi connectivity index (χ2n) is 3.25. The normalized spacial score (nSPS) is 13.2. The third-order valence-electron chi connectivity index (χ3n) is 2.16. The molecule has 0 aromatic heterocycles. The monoisotopic (exact) mass is 236 g/mol. The first-order valence-electron chi connectivity index (χ1n) is 5.49. The summed E-state index contributed by atoms with van der Waals surface area (Å²) in [6.07, 6.45) is 0.555. The van der Waals surface area contributed by atoms with Crippen molar-refractivity contribution >= 4 is 8.80 Å². The van der Waals surface area contributed by atoms with E-state index in [1.807, 2.05) is 27.7 Å². The second-order valence-corrected chi connectivity index (χ2v) is 6.16. The Morgan fingerprint density at radius 3 is 1.40 bits per heavy atom. The van der Waals surface area contributed by atoms with Gasteiger partial charge >= 0.3 is 8.80 Å². The molecular weight excluding hydrogens is 212 g/mol. The molecule has 0 bridgehead atoms. The number of nitrogens with two attached hydrogens (primary N) is 2. The van der Waals surface area contributed by atoms with E-state index in [4.69, 9.17) is 24.7 Å². The molecule has 6 heteroatoms. The summed E-state index contributed by atoms with van der Waals surface area (Å²) in [4.78, 5) is 0. The van der Waals surface area contributed by atoms with E-state index in [0.717, 1.165) is 0 Å². The third-order valence-corrected chi connectivity index (χ3v) is 5.66. The molecular formula is C9H24N2O3Si. The van der Waals surface area contributed by atoms with Gasteiger partial charge < -0.3 is 24.7 Å². The molecule has 92 valence electrons. The summed E-state index contributed by atoms with van der Waals surface area (Å²) >= 11 is 0. The molecule has 0 saturated carbocycles. The van der Waals surface area contributed by atoms with E-state index >= 15 is 0 Å². The third kappa shape index (κ3) is 3.51. The van der Waals surface area contributed by atoms with Gasteiger partial charge in [0.1, 0.15) is 5.29 Å². The van der Waals surface area contributed by atoms with Gasteiger partial charge in [0.25, 0.3) is 0 Å². The largest absolute Gasteiger partial charge is 0.537 e. The van der Waals surface area contributed by atoms with Crippen LogP contribution in [0.2, 0.25) is 0 Å². The van der Waals surface area contributed by atoms with Crippen molar-refractivity contribution in [1.29, 1.82) is 0 Å². The van der Waals surface area contributed by atoms with E-state index in [-0.39, 0.29) is 0 Å². The number of hydrogen-bond acceptors (Lipinski definition) is 5. The topological polar surface area (TPSA) is 79.7 Å². The molecule has 5 nitrogen and oxygen atoms in total. The van der Waals surface area contributed by atoms with E-state index in [1.165, 1.54) is 0 Å². The lowest BCUT2D eigenvalue weighted by Gasteiger charge is -2.39. The van der Waals surface area contributed by atoms with E-state index in [2.05, 4.69) is 0 Å². The molecule has 0 aromatic carbocycles. The van der Waals surface area contributed by atoms with Crippen LogP contribution in [0, 0.1) is 0 Å². The highest BCUT2D eigenvalue weighted by Gasteiger charge is 2.56. The lowest BCUT2D eigenvalue weighted by atomic mass is 10.4. The van der Waals surface area contributed by atoms with Crippen molar-refractivity contribution in [3.05, 3.63) is 0 Å². The summed E-state index contributed by atoms with van der Waals surface area (Å²) in [6, 6.07) is 0. The maximum atomic E-state index is 6.02. The van der Waals surface area contributed by atoms with E-state index in [1.54, 1.807) is 0 Å². The van der Waals surface area contributed by atoms with Crippen LogP contribution >= 0.6 is 0 Å². The minimum absolute atomic E-state index is 0.488. The van der Waals surface area contributed by atoms with Crippen molar-refractivity contribution in [2.75, 3.05) is 19.8 Å². The Hall–Kier alpha value is 0.0169. The molecule has 0 heterocycles. The maximum Gasteiger partial charge on any atom is 0.537 e. The highest BCUT2D eigenvalue weighted by molar-refractivity contribution is 6.64. The summed E-state index contributed by atoms with van der Waals surface area (Å²) < 4.78 is 16.8. The molecule has 0 radical (unpaired) electrons. The van der Waals surface area contributed by atoms with Crippen molar-refractivity contribution in [3.8, 4) is 0 Å². The Balaban J connectivity index is 4.90. The average molecular weight is 236 g/mol. The number of rotatable bonds is 8. The van der Waals surface area contributed by atoms with Crippen LogP contribution in [0.1, 0.15) is 34.1 Å². The number of hydrogen-bond donors (Lipinski definition) is 2. The molecule has 4 N–H and O–H groups in total. The highest BCUT2D eigenvalue weighted by Crippen LogP contribution is 2.21. The van der Waals surface area contributed by atoms with Crippen LogP contribution in [0.5, 0.6) is 0 Å². The maximum absolute atomic E-state index is 6.02. The Kier molecular flexibility index (Phi) is 6.57. The van der Waals surface area contributed by atoms with Gasteiger partial charge in [-0.05, 0) is 27.2 Å². The summed E-state index contributed by atoms with van der Waals surface area (Å²) in [5.41, 5.74) is 12.0. The minimum atomic E-state index is -2.97. The Labute approximate surface area is 93.4 Å². The lowest BCUT2D eigenvalue weighted by Crippen LogP contribution is -2.74. The van der Waals surface area contributed by atoms with Crippen molar-refractivity contribution in [1.82, 2.24) is 0 Å². The molecule has 0 unspecified atom stereocenters. The van der Waals surface area contributed by atoms with Crippen LogP contribution in [0.3, 0.4) is 0 Å². The van der Waals surface area contributed by atoms with Crippen molar-refractivity contribution < 1.29 is 13.3 Å². The fourth-order valence-electron chi connectivity index (χ4n) is 1.31. The molecule has 0 aliphatic rings. The Morgan fingerprint density at radius 2 is 1.20 bits per heavy atom. The van der Waals surface area contributed by atoms with Gasteiger partial charge in [-0.15, -0.1) is 0 Å². The van der Waals surface area contributed by atoms with E-state index < -0.39 is 14.1 Å². The van der Waals surface area contributed by atoms with Gasteiger partial charge in [-0.2, -0.15) is 0 Å².